The van der Waals surface area contributed by atoms with Crippen LogP contribution in [0.1, 0.15) is 36.8 Å². The van der Waals surface area contributed by atoms with E-state index >= 15 is 0 Å². The number of nitrogens with zero attached hydrogens (tertiary/aromatic N) is 2. The average Bonchev–Trinajstić information content (AvgIpc) is 2.93. The van der Waals surface area contributed by atoms with Crippen LogP contribution in [0.4, 0.5) is 11.4 Å². The van der Waals surface area contributed by atoms with Gasteiger partial charge < -0.3 is 5.32 Å². The molecule has 0 aliphatic carbocycles. The van der Waals surface area contributed by atoms with Crippen LogP contribution in [0.15, 0.2) is 66.9 Å². The Morgan fingerprint density at radius 3 is 2.44 bits per heavy atom. The highest BCUT2D eigenvalue weighted by atomic mass is 16.2. The van der Waals surface area contributed by atoms with Crippen molar-refractivity contribution in [1.82, 2.24) is 4.98 Å². The molecule has 0 unspecified atom stereocenters. The van der Waals surface area contributed by atoms with E-state index in [0.717, 1.165) is 10.5 Å². The lowest BCUT2D eigenvalue weighted by Gasteiger charge is -2.14. The van der Waals surface area contributed by atoms with E-state index in [1.54, 1.807) is 48.5 Å². The summed E-state index contributed by atoms with van der Waals surface area (Å²) in [6.45, 7) is 1.92. The molecule has 27 heavy (non-hydrogen) atoms. The molecule has 0 bridgehead atoms. The minimum atomic E-state index is -0.452. The average molecular weight is 357 g/mol. The first-order chi connectivity index (χ1) is 13.0. The molecule has 4 rings (SSSR count). The third kappa shape index (κ3) is 2.97. The Morgan fingerprint density at radius 1 is 0.963 bits per heavy atom. The first-order valence-electron chi connectivity index (χ1n) is 8.36. The van der Waals surface area contributed by atoms with Gasteiger partial charge in [0, 0.05) is 17.4 Å². The zero-order chi connectivity index (χ0) is 19.0. The minimum absolute atomic E-state index is 0.152. The Kier molecular flexibility index (Phi) is 4.01. The van der Waals surface area contributed by atoms with E-state index in [9.17, 15) is 14.4 Å². The molecule has 6 nitrogen and oxygen atoms in total. The molecule has 3 aromatic rings. The van der Waals surface area contributed by atoms with Gasteiger partial charge in [-0.25, -0.2) is 4.90 Å². The first-order valence-corrected chi connectivity index (χ1v) is 8.36. The second-order valence-corrected chi connectivity index (χ2v) is 6.22. The van der Waals surface area contributed by atoms with Gasteiger partial charge in [0.2, 0.25) is 0 Å². The van der Waals surface area contributed by atoms with Crippen LogP contribution >= 0.6 is 0 Å². The number of rotatable bonds is 3. The largest absolute Gasteiger partial charge is 0.322 e. The molecule has 1 aliphatic rings. The molecule has 0 saturated carbocycles. The molecule has 0 spiro atoms. The highest BCUT2D eigenvalue weighted by Gasteiger charge is 2.37. The van der Waals surface area contributed by atoms with Crippen LogP contribution in [0.2, 0.25) is 0 Å². The Morgan fingerprint density at radius 2 is 1.74 bits per heavy atom. The van der Waals surface area contributed by atoms with Crippen molar-refractivity contribution in [2.24, 2.45) is 0 Å². The van der Waals surface area contributed by atoms with Crippen molar-refractivity contribution in [3.05, 3.63) is 89.2 Å². The number of pyridine rings is 1. The molecule has 0 atom stereocenters. The number of amides is 3. The predicted molar refractivity (Wildman–Crippen MR) is 101 cm³/mol. The van der Waals surface area contributed by atoms with Crippen molar-refractivity contribution in [3.63, 3.8) is 0 Å². The van der Waals surface area contributed by atoms with Gasteiger partial charge in [0.1, 0.15) is 5.69 Å². The van der Waals surface area contributed by atoms with Gasteiger partial charge in [-0.2, -0.15) is 0 Å². The monoisotopic (exact) mass is 357 g/mol. The number of imide groups is 1. The van der Waals surface area contributed by atoms with Crippen molar-refractivity contribution >= 4 is 29.1 Å². The van der Waals surface area contributed by atoms with Crippen molar-refractivity contribution in [1.29, 1.82) is 0 Å². The van der Waals surface area contributed by atoms with E-state index in [1.165, 1.54) is 6.20 Å². The van der Waals surface area contributed by atoms with Crippen LogP contribution in [-0.2, 0) is 0 Å². The van der Waals surface area contributed by atoms with E-state index < -0.39 is 11.8 Å². The molecule has 2 heterocycles. The Balaban J connectivity index is 1.54. The molecule has 0 saturated heterocycles. The van der Waals surface area contributed by atoms with Gasteiger partial charge in [0.05, 0.1) is 11.3 Å². The van der Waals surface area contributed by atoms with Crippen LogP contribution in [0.5, 0.6) is 0 Å². The zero-order valence-electron chi connectivity index (χ0n) is 14.5. The number of carbonyl (C=O) groups is 3. The second kappa shape index (κ2) is 6.49. The number of carbonyl (C=O) groups excluding carboxylic acids is 3. The minimum Gasteiger partial charge on any atom is -0.322 e. The van der Waals surface area contributed by atoms with E-state index in [4.69, 9.17) is 0 Å². The molecule has 6 heteroatoms. The maximum absolute atomic E-state index is 12.5. The number of aryl methyl sites for hydroxylation is 1. The highest BCUT2D eigenvalue weighted by molar-refractivity contribution is 6.33. The van der Waals surface area contributed by atoms with Crippen LogP contribution in [0, 0.1) is 6.92 Å². The van der Waals surface area contributed by atoms with Gasteiger partial charge in [-0.15, -0.1) is 0 Å². The summed E-state index contributed by atoms with van der Waals surface area (Å²) in [5.41, 5.74) is 3.00. The summed E-state index contributed by atoms with van der Waals surface area (Å²) < 4.78 is 0. The number of benzene rings is 2. The summed E-state index contributed by atoms with van der Waals surface area (Å²) in [7, 11) is 0. The number of hydrogen-bond donors (Lipinski definition) is 1. The van der Waals surface area contributed by atoms with Gasteiger partial charge in [0.15, 0.2) is 0 Å². The number of nitrogens with one attached hydrogen (secondary N) is 1. The number of fused-ring (bicyclic) bond motifs is 1. The van der Waals surface area contributed by atoms with E-state index in [2.05, 4.69) is 10.3 Å². The second-order valence-electron chi connectivity index (χ2n) is 6.22. The predicted octanol–water partition coefficient (Wildman–Crippen LogP) is 3.44. The van der Waals surface area contributed by atoms with Crippen LogP contribution in [-0.4, -0.2) is 22.7 Å². The lowest BCUT2D eigenvalue weighted by atomic mass is 10.1. The van der Waals surface area contributed by atoms with Crippen molar-refractivity contribution < 1.29 is 14.4 Å². The molecule has 1 aromatic heterocycles. The topological polar surface area (TPSA) is 79.4 Å². The van der Waals surface area contributed by atoms with Gasteiger partial charge in [-0.3, -0.25) is 19.4 Å². The lowest BCUT2D eigenvalue weighted by molar-refractivity contribution is 0.0923. The number of anilines is 2. The maximum Gasteiger partial charge on any atom is 0.284 e. The maximum atomic E-state index is 12.5. The quantitative estimate of drug-likeness (QED) is 0.728. The van der Waals surface area contributed by atoms with E-state index in [0.29, 0.717) is 22.5 Å². The summed E-state index contributed by atoms with van der Waals surface area (Å²) in [5, 5.41) is 2.80. The van der Waals surface area contributed by atoms with Gasteiger partial charge in [-0.1, -0.05) is 17.7 Å². The fourth-order valence-corrected chi connectivity index (χ4v) is 2.98. The molecule has 1 aliphatic heterocycles. The summed E-state index contributed by atoms with van der Waals surface area (Å²) in [6.07, 6.45) is 1.48. The summed E-state index contributed by atoms with van der Waals surface area (Å²) in [4.78, 5) is 42.3. The smallest absolute Gasteiger partial charge is 0.284 e. The molecule has 0 radical (unpaired) electrons. The van der Waals surface area contributed by atoms with Crippen molar-refractivity contribution in [2.75, 3.05) is 10.2 Å². The Hall–Kier alpha value is -3.80. The molecule has 3 amide bonds. The van der Waals surface area contributed by atoms with Gasteiger partial charge in [-0.05, 0) is 55.5 Å². The third-order valence-corrected chi connectivity index (χ3v) is 4.31. The molecular formula is C21H15N3O3. The van der Waals surface area contributed by atoms with Crippen molar-refractivity contribution in [3.8, 4) is 0 Å². The fraction of sp³-hybridized carbons (Fsp3) is 0.0476. The number of hydrogen-bond acceptors (Lipinski definition) is 4. The van der Waals surface area contributed by atoms with Crippen LogP contribution in [0.25, 0.3) is 0 Å². The molecular weight excluding hydrogens is 342 g/mol. The number of aromatic nitrogens is 1. The summed E-state index contributed by atoms with van der Waals surface area (Å²) in [5.74, 6) is -1.08. The van der Waals surface area contributed by atoms with Crippen molar-refractivity contribution in [2.45, 2.75) is 6.92 Å². The lowest BCUT2D eigenvalue weighted by Crippen LogP contribution is -2.29. The normalized spacial score (nSPS) is 12.9. The molecule has 132 valence electrons. The fourth-order valence-electron chi connectivity index (χ4n) is 2.98. The highest BCUT2D eigenvalue weighted by Crippen LogP contribution is 2.28. The van der Waals surface area contributed by atoms with Crippen LogP contribution < -0.4 is 10.2 Å². The SMILES string of the molecule is Cc1cccc(C(=O)Nc2ccc(N3C(=O)c4cccnc4C3=O)cc2)c1. The molecule has 1 N–H and O–H groups in total. The standard InChI is InChI=1S/C21H15N3O3/c1-13-4-2-5-14(12-13)19(25)23-15-7-9-16(10-8-15)24-20(26)17-6-3-11-22-18(17)21(24)27/h2-12H,1H3,(H,23,25). The summed E-state index contributed by atoms with van der Waals surface area (Å²) >= 11 is 0. The van der Waals surface area contributed by atoms with Crippen LogP contribution in [0.3, 0.4) is 0 Å². The van der Waals surface area contributed by atoms with E-state index in [-0.39, 0.29) is 11.6 Å². The molecule has 0 fully saturated rings. The van der Waals surface area contributed by atoms with E-state index in [1.807, 2.05) is 19.1 Å². The zero-order valence-corrected chi connectivity index (χ0v) is 14.5. The summed E-state index contributed by atoms with van der Waals surface area (Å²) in [6, 6.07) is 17.0. The van der Waals surface area contributed by atoms with Gasteiger partial charge in [0.25, 0.3) is 17.7 Å². The van der Waals surface area contributed by atoms with Gasteiger partial charge >= 0.3 is 0 Å². The molecule has 2 aromatic carbocycles. The first kappa shape index (κ1) is 16.7. The Labute approximate surface area is 155 Å². The third-order valence-electron chi connectivity index (χ3n) is 4.31. The Bertz CT molecular complexity index is 1040.